The third-order valence-electron chi connectivity index (χ3n) is 4.61. The Balaban J connectivity index is 2.35. The largest absolute Gasteiger partial charge is 0.468 e. The molecule has 1 amide bonds. The number of Topliss-reactive ketones (excluding diaryl/α,β-unsaturated/α-hetero) is 2. The maximum Gasteiger partial charge on any atom is 0.328 e. The van der Waals surface area contributed by atoms with Crippen LogP contribution in [0.15, 0.2) is 35.5 Å². The summed E-state index contributed by atoms with van der Waals surface area (Å²) in [6.07, 6.45) is 0. The van der Waals surface area contributed by atoms with Gasteiger partial charge in [-0.05, 0) is 6.92 Å². The molecule has 1 aromatic rings. The van der Waals surface area contributed by atoms with E-state index in [1.54, 1.807) is 19.1 Å². The number of ether oxygens (including phenoxy) is 2. The van der Waals surface area contributed by atoms with Crippen molar-refractivity contribution in [1.82, 2.24) is 4.90 Å². The molecule has 0 saturated carbocycles. The second-order valence-electron chi connectivity index (χ2n) is 5.81. The summed E-state index contributed by atoms with van der Waals surface area (Å²) in [5, 5.41) is 0. The van der Waals surface area contributed by atoms with Crippen molar-refractivity contribution in [1.29, 1.82) is 0 Å². The van der Waals surface area contributed by atoms with E-state index in [0.717, 1.165) is 7.11 Å². The van der Waals surface area contributed by atoms with Gasteiger partial charge in [0.15, 0.2) is 5.78 Å². The summed E-state index contributed by atoms with van der Waals surface area (Å²) in [4.78, 5) is 52.9. The molecular weight excluding hydrogens is 326 g/mol. The molecule has 130 valence electrons. The minimum atomic E-state index is -1.96. The Morgan fingerprint density at radius 1 is 1.08 bits per heavy atom. The second kappa shape index (κ2) is 5.93. The summed E-state index contributed by atoms with van der Waals surface area (Å²) < 4.78 is 9.90. The number of allylic oxidation sites excluding steroid dienone is 1. The Labute approximate surface area is 144 Å². The first kappa shape index (κ1) is 17.0. The van der Waals surface area contributed by atoms with Crippen LogP contribution >= 0.6 is 0 Å². The van der Waals surface area contributed by atoms with Crippen LogP contribution in [-0.2, 0) is 19.1 Å². The fourth-order valence-electron chi connectivity index (χ4n) is 3.53. The number of amides is 1. The van der Waals surface area contributed by atoms with E-state index in [1.807, 2.05) is 0 Å². The molecule has 3 rings (SSSR count). The molecule has 1 aliphatic heterocycles. The first-order valence-corrected chi connectivity index (χ1v) is 7.78. The number of methoxy groups -OCH3 is 2. The summed E-state index contributed by atoms with van der Waals surface area (Å²) in [5.74, 6) is -2.58. The Bertz CT molecular complexity index is 840. The molecule has 0 bridgehead atoms. The van der Waals surface area contributed by atoms with Gasteiger partial charge in [0, 0.05) is 24.8 Å². The Hall–Kier alpha value is -2.80. The second-order valence-corrected chi connectivity index (χ2v) is 5.81. The summed E-state index contributed by atoms with van der Waals surface area (Å²) >= 11 is 0. The van der Waals surface area contributed by atoms with Gasteiger partial charge in [0.1, 0.15) is 5.70 Å². The van der Waals surface area contributed by atoms with Gasteiger partial charge in [-0.2, -0.15) is 0 Å². The molecular formula is C18H17NO6. The van der Waals surface area contributed by atoms with Gasteiger partial charge in [0.2, 0.25) is 11.2 Å². The van der Waals surface area contributed by atoms with Crippen molar-refractivity contribution >= 4 is 23.4 Å². The maximum absolute atomic E-state index is 13.1. The van der Waals surface area contributed by atoms with Crippen molar-refractivity contribution in [2.45, 2.75) is 6.92 Å². The molecule has 2 aliphatic rings. The zero-order valence-electron chi connectivity index (χ0n) is 14.1. The number of hydrogen-bond acceptors (Lipinski definition) is 6. The van der Waals surface area contributed by atoms with Crippen molar-refractivity contribution < 1.29 is 28.7 Å². The molecule has 0 aromatic heterocycles. The van der Waals surface area contributed by atoms with Crippen LogP contribution in [0.3, 0.4) is 0 Å². The highest BCUT2D eigenvalue weighted by molar-refractivity contribution is 6.34. The number of esters is 1. The highest BCUT2D eigenvalue weighted by Crippen LogP contribution is 2.46. The third-order valence-corrected chi connectivity index (χ3v) is 4.61. The zero-order valence-corrected chi connectivity index (χ0v) is 14.1. The van der Waals surface area contributed by atoms with Crippen LogP contribution in [-0.4, -0.2) is 55.7 Å². The van der Waals surface area contributed by atoms with Crippen LogP contribution < -0.4 is 0 Å². The summed E-state index contributed by atoms with van der Waals surface area (Å²) in [5.41, 5.74) is -1.79. The van der Waals surface area contributed by atoms with E-state index in [9.17, 15) is 19.2 Å². The molecule has 25 heavy (non-hydrogen) atoms. The van der Waals surface area contributed by atoms with Crippen molar-refractivity contribution in [3.63, 3.8) is 0 Å². The molecule has 1 aliphatic carbocycles. The average Bonchev–Trinajstić information content (AvgIpc) is 2.89. The van der Waals surface area contributed by atoms with E-state index in [0.29, 0.717) is 0 Å². The number of rotatable bonds is 4. The van der Waals surface area contributed by atoms with Crippen LogP contribution in [0.4, 0.5) is 0 Å². The third kappa shape index (κ3) is 2.02. The number of benzene rings is 1. The van der Waals surface area contributed by atoms with E-state index < -0.39 is 28.9 Å². The van der Waals surface area contributed by atoms with Crippen LogP contribution in [0.5, 0.6) is 0 Å². The molecule has 7 heteroatoms. The van der Waals surface area contributed by atoms with Gasteiger partial charge in [-0.15, -0.1) is 0 Å². The van der Waals surface area contributed by atoms with Crippen molar-refractivity contribution in [2.24, 2.45) is 5.41 Å². The predicted octanol–water partition coefficient (Wildman–Crippen LogP) is 0.988. The number of hydrogen-bond donors (Lipinski definition) is 0. The van der Waals surface area contributed by atoms with Crippen LogP contribution in [0.2, 0.25) is 0 Å². The highest BCUT2D eigenvalue weighted by atomic mass is 16.5. The average molecular weight is 343 g/mol. The molecule has 1 aromatic carbocycles. The summed E-state index contributed by atoms with van der Waals surface area (Å²) in [7, 11) is 2.45. The molecule has 0 radical (unpaired) electrons. The first-order valence-electron chi connectivity index (χ1n) is 7.78. The molecule has 1 heterocycles. The lowest BCUT2D eigenvalue weighted by atomic mass is 9.74. The monoisotopic (exact) mass is 343 g/mol. The number of fused-ring (bicyclic) bond motifs is 1. The quantitative estimate of drug-likeness (QED) is 0.598. The lowest BCUT2D eigenvalue weighted by Crippen LogP contribution is -2.48. The minimum Gasteiger partial charge on any atom is -0.468 e. The Kier molecular flexibility index (Phi) is 4.04. The molecule has 0 spiro atoms. The fourth-order valence-corrected chi connectivity index (χ4v) is 3.53. The molecule has 0 N–H and O–H groups in total. The molecule has 1 unspecified atom stereocenters. The van der Waals surface area contributed by atoms with E-state index in [-0.39, 0.29) is 35.5 Å². The number of carbonyl (C=O) groups is 4. The van der Waals surface area contributed by atoms with E-state index in [4.69, 9.17) is 9.47 Å². The van der Waals surface area contributed by atoms with Gasteiger partial charge < -0.3 is 14.4 Å². The molecule has 7 nitrogen and oxygen atoms in total. The number of ketones is 2. The summed E-state index contributed by atoms with van der Waals surface area (Å²) in [6, 6.07) is 6.31. The van der Waals surface area contributed by atoms with Crippen molar-refractivity contribution in [3.05, 3.63) is 46.7 Å². The number of carbonyl (C=O) groups excluding carboxylic acids is 4. The number of likely N-dealkylation sites (N-methyl/N-ethyl adjacent to an activating group) is 1. The number of nitrogens with zero attached hydrogens (tertiary/aromatic N) is 1. The zero-order chi connectivity index (χ0) is 18.4. The fraction of sp³-hybridized carbons (Fsp3) is 0.333. The molecule has 0 fully saturated rings. The van der Waals surface area contributed by atoms with Crippen LogP contribution in [0, 0.1) is 5.41 Å². The lowest BCUT2D eigenvalue weighted by Gasteiger charge is -2.27. The molecule has 1 atom stereocenters. The normalized spacial score (nSPS) is 22.2. The smallest absolute Gasteiger partial charge is 0.328 e. The van der Waals surface area contributed by atoms with Gasteiger partial charge in [-0.25, -0.2) is 0 Å². The lowest BCUT2D eigenvalue weighted by molar-refractivity contribution is -0.160. The van der Waals surface area contributed by atoms with Gasteiger partial charge >= 0.3 is 5.97 Å². The van der Waals surface area contributed by atoms with Crippen LogP contribution in [0.25, 0.3) is 0 Å². The van der Waals surface area contributed by atoms with E-state index >= 15 is 0 Å². The van der Waals surface area contributed by atoms with Gasteiger partial charge in [-0.1, -0.05) is 24.3 Å². The summed E-state index contributed by atoms with van der Waals surface area (Å²) in [6.45, 7) is 1.43. The van der Waals surface area contributed by atoms with Crippen molar-refractivity contribution in [2.75, 3.05) is 27.4 Å². The predicted molar refractivity (Wildman–Crippen MR) is 85.8 cm³/mol. The minimum absolute atomic E-state index is 0.0568. The van der Waals surface area contributed by atoms with E-state index in [2.05, 4.69) is 0 Å². The topological polar surface area (TPSA) is 90.0 Å². The molecule has 0 saturated heterocycles. The van der Waals surface area contributed by atoms with Gasteiger partial charge in [0.25, 0.3) is 5.91 Å². The van der Waals surface area contributed by atoms with E-state index in [1.165, 1.54) is 24.1 Å². The maximum atomic E-state index is 13.1. The highest BCUT2D eigenvalue weighted by Gasteiger charge is 2.63. The SMILES string of the molecule is CCN1C(=O)C(COC)(C(=O)OC)C2=C1C(=O)c1ccccc1C2=O. The Morgan fingerprint density at radius 2 is 1.68 bits per heavy atom. The van der Waals surface area contributed by atoms with Crippen molar-refractivity contribution in [3.8, 4) is 0 Å². The van der Waals surface area contributed by atoms with Gasteiger partial charge in [-0.3, -0.25) is 19.2 Å². The van der Waals surface area contributed by atoms with Crippen LogP contribution in [0.1, 0.15) is 27.6 Å². The standard InChI is InChI=1S/C18H17NO6/c1-4-19-13-12(18(9-24-2,16(19)22)17(23)25-3)14(20)10-7-5-6-8-11(10)15(13)21/h5-8H,4,9H2,1-3H3. The Morgan fingerprint density at radius 3 is 2.20 bits per heavy atom. The first-order chi connectivity index (χ1) is 11.9. The van der Waals surface area contributed by atoms with Gasteiger partial charge in [0.05, 0.1) is 19.3 Å².